The van der Waals surface area contributed by atoms with E-state index >= 15 is 0 Å². The molecule has 0 bridgehead atoms. The van der Waals surface area contributed by atoms with Crippen molar-refractivity contribution >= 4 is 0 Å². The molecule has 4 heteroatoms. The molecule has 1 rings (SSSR count). The molecule has 0 saturated carbocycles. The third-order valence-electron chi connectivity index (χ3n) is 1.97. The van der Waals surface area contributed by atoms with Gasteiger partial charge in [-0.05, 0) is 33.8 Å². The lowest BCUT2D eigenvalue weighted by Gasteiger charge is -2.23. The zero-order valence-electron chi connectivity index (χ0n) is 9.97. The van der Waals surface area contributed by atoms with E-state index in [1.807, 2.05) is 20.8 Å². The third-order valence-corrected chi connectivity index (χ3v) is 1.97. The molecule has 0 aliphatic heterocycles. The Morgan fingerprint density at radius 3 is 2.38 bits per heavy atom. The van der Waals surface area contributed by atoms with Crippen molar-refractivity contribution in [2.24, 2.45) is 0 Å². The van der Waals surface area contributed by atoms with Gasteiger partial charge in [0, 0.05) is 11.6 Å². The molecule has 1 N–H and O–H groups in total. The van der Waals surface area contributed by atoms with Crippen LogP contribution < -0.4 is 5.48 Å². The lowest BCUT2D eigenvalue weighted by molar-refractivity contribution is -0.0870. The summed E-state index contributed by atoms with van der Waals surface area (Å²) in [6, 6.07) is 3.17. The Hall–Kier alpha value is -1.00. The molecule has 0 radical (unpaired) electrons. The number of benzene rings is 1. The summed E-state index contributed by atoms with van der Waals surface area (Å²) in [7, 11) is 0. The highest BCUT2D eigenvalue weighted by Gasteiger charge is 2.16. The van der Waals surface area contributed by atoms with Crippen LogP contribution in [0.2, 0.25) is 0 Å². The molecule has 0 aromatic heterocycles. The second-order valence-electron chi connectivity index (χ2n) is 4.72. The summed E-state index contributed by atoms with van der Waals surface area (Å²) >= 11 is 0. The molecular weight excluding hydrogens is 212 g/mol. The van der Waals surface area contributed by atoms with Crippen molar-refractivity contribution in [1.82, 2.24) is 5.48 Å². The Morgan fingerprint density at radius 2 is 1.88 bits per heavy atom. The van der Waals surface area contributed by atoms with Gasteiger partial charge in [-0.25, -0.2) is 8.78 Å². The Labute approximate surface area is 94.6 Å². The molecule has 0 fully saturated rings. The number of halogens is 2. The van der Waals surface area contributed by atoms with E-state index in [1.54, 1.807) is 6.92 Å². The predicted octanol–water partition coefficient (Wildman–Crippen LogP) is 3.35. The summed E-state index contributed by atoms with van der Waals surface area (Å²) in [5.74, 6) is -1.15. The molecule has 1 aromatic rings. The average molecular weight is 229 g/mol. The van der Waals surface area contributed by atoms with Gasteiger partial charge in [0.2, 0.25) is 0 Å². The van der Waals surface area contributed by atoms with E-state index in [9.17, 15) is 8.78 Å². The lowest BCUT2D eigenvalue weighted by atomic mass is 10.1. The molecule has 0 aliphatic rings. The smallest absolute Gasteiger partial charge is 0.130 e. The number of hydrogen-bond acceptors (Lipinski definition) is 2. The molecule has 0 amide bonds. The van der Waals surface area contributed by atoms with Crippen LogP contribution >= 0.6 is 0 Å². The van der Waals surface area contributed by atoms with E-state index in [0.29, 0.717) is 5.56 Å². The zero-order chi connectivity index (χ0) is 12.3. The molecule has 0 spiro atoms. The third kappa shape index (κ3) is 3.87. The van der Waals surface area contributed by atoms with Gasteiger partial charge in [0.15, 0.2) is 0 Å². The van der Waals surface area contributed by atoms with E-state index in [2.05, 4.69) is 5.48 Å². The van der Waals surface area contributed by atoms with Gasteiger partial charge in [-0.3, -0.25) is 4.84 Å². The van der Waals surface area contributed by atoms with Gasteiger partial charge in [0.05, 0.1) is 11.6 Å². The first kappa shape index (κ1) is 13.1. The highest BCUT2D eigenvalue weighted by molar-refractivity contribution is 5.21. The standard InChI is InChI=1S/C12H17F2NO/c1-8(15-16-12(2,3)4)10-6-5-9(13)7-11(10)14/h5-8,15H,1-4H3. The molecule has 1 unspecified atom stereocenters. The van der Waals surface area contributed by atoms with Crippen molar-refractivity contribution in [2.75, 3.05) is 0 Å². The van der Waals surface area contributed by atoms with E-state index in [4.69, 9.17) is 4.84 Å². The van der Waals surface area contributed by atoms with Crippen LogP contribution in [-0.2, 0) is 4.84 Å². The van der Waals surface area contributed by atoms with Gasteiger partial charge < -0.3 is 0 Å². The van der Waals surface area contributed by atoms with Crippen LogP contribution in [0.5, 0.6) is 0 Å². The van der Waals surface area contributed by atoms with Crippen LogP contribution in [0.4, 0.5) is 8.78 Å². The Kier molecular flexibility index (Phi) is 3.99. The van der Waals surface area contributed by atoms with E-state index in [1.165, 1.54) is 12.1 Å². The number of rotatable bonds is 3. The van der Waals surface area contributed by atoms with Crippen molar-refractivity contribution < 1.29 is 13.6 Å². The van der Waals surface area contributed by atoms with Crippen LogP contribution in [0.25, 0.3) is 0 Å². The van der Waals surface area contributed by atoms with Crippen molar-refractivity contribution in [2.45, 2.75) is 39.3 Å². The fourth-order valence-electron chi connectivity index (χ4n) is 1.18. The van der Waals surface area contributed by atoms with Gasteiger partial charge in [-0.2, -0.15) is 5.48 Å². The van der Waals surface area contributed by atoms with Crippen LogP contribution in [0, 0.1) is 11.6 Å². The van der Waals surface area contributed by atoms with Gasteiger partial charge in [-0.15, -0.1) is 0 Å². The topological polar surface area (TPSA) is 21.3 Å². The van der Waals surface area contributed by atoms with Gasteiger partial charge in [-0.1, -0.05) is 6.07 Å². The van der Waals surface area contributed by atoms with Gasteiger partial charge >= 0.3 is 0 Å². The molecule has 0 saturated heterocycles. The van der Waals surface area contributed by atoms with Crippen LogP contribution in [-0.4, -0.2) is 5.60 Å². The molecule has 0 heterocycles. The highest BCUT2D eigenvalue weighted by Crippen LogP contribution is 2.18. The molecular formula is C12H17F2NO. The van der Waals surface area contributed by atoms with Crippen LogP contribution in [0.1, 0.15) is 39.3 Å². The summed E-state index contributed by atoms with van der Waals surface area (Å²) in [6.45, 7) is 7.40. The highest BCUT2D eigenvalue weighted by atomic mass is 19.1. The van der Waals surface area contributed by atoms with Gasteiger partial charge in [0.25, 0.3) is 0 Å². The molecule has 1 aromatic carbocycles. The first-order valence-electron chi connectivity index (χ1n) is 5.18. The molecule has 0 aliphatic carbocycles. The minimum absolute atomic E-state index is 0.333. The molecule has 1 atom stereocenters. The zero-order valence-corrected chi connectivity index (χ0v) is 9.97. The Balaban J connectivity index is 2.70. The fourth-order valence-corrected chi connectivity index (χ4v) is 1.18. The van der Waals surface area contributed by atoms with Crippen molar-refractivity contribution in [3.05, 3.63) is 35.4 Å². The summed E-state index contributed by atoms with van der Waals surface area (Å²) in [4.78, 5) is 5.32. The summed E-state index contributed by atoms with van der Waals surface area (Å²) < 4.78 is 26.1. The van der Waals surface area contributed by atoms with Crippen LogP contribution in [0.3, 0.4) is 0 Å². The maximum atomic E-state index is 13.4. The molecule has 90 valence electrons. The van der Waals surface area contributed by atoms with E-state index < -0.39 is 11.6 Å². The molecule has 16 heavy (non-hydrogen) atoms. The minimum atomic E-state index is -0.579. The Bertz CT molecular complexity index is 361. The van der Waals surface area contributed by atoms with E-state index in [-0.39, 0.29) is 11.6 Å². The Morgan fingerprint density at radius 1 is 1.25 bits per heavy atom. The van der Waals surface area contributed by atoms with Crippen molar-refractivity contribution in [1.29, 1.82) is 0 Å². The number of nitrogens with one attached hydrogen (secondary N) is 1. The number of hydrogen-bond donors (Lipinski definition) is 1. The monoisotopic (exact) mass is 229 g/mol. The fraction of sp³-hybridized carbons (Fsp3) is 0.500. The summed E-state index contributed by atoms with van der Waals surface area (Å²) in [5.41, 5.74) is 2.76. The van der Waals surface area contributed by atoms with Gasteiger partial charge in [0.1, 0.15) is 11.6 Å². The second-order valence-corrected chi connectivity index (χ2v) is 4.72. The second kappa shape index (κ2) is 4.89. The normalized spacial score (nSPS) is 13.9. The molecule has 2 nitrogen and oxygen atoms in total. The largest absolute Gasteiger partial charge is 0.296 e. The van der Waals surface area contributed by atoms with Crippen molar-refractivity contribution in [3.8, 4) is 0 Å². The van der Waals surface area contributed by atoms with Crippen molar-refractivity contribution in [3.63, 3.8) is 0 Å². The summed E-state index contributed by atoms with van der Waals surface area (Å²) in [6.07, 6.45) is 0. The maximum Gasteiger partial charge on any atom is 0.130 e. The minimum Gasteiger partial charge on any atom is -0.296 e. The first-order valence-corrected chi connectivity index (χ1v) is 5.18. The average Bonchev–Trinajstić information content (AvgIpc) is 2.13. The maximum absolute atomic E-state index is 13.4. The summed E-state index contributed by atoms with van der Waals surface area (Å²) in [5, 5.41) is 0. The predicted molar refractivity (Wildman–Crippen MR) is 58.7 cm³/mol. The SMILES string of the molecule is CC(NOC(C)(C)C)c1ccc(F)cc1F. The van der Waals surface area contributed by atoms with Crippen LogP contribution in [0.15, 0.2) is 18.2 Å². The first-order chi connectivity index (χ1) is 7.29. The number of hydroxylamine groups is 1. The quantitative estimate of drug-likeness (QED) is 0.802. The van der Waals surface area contributed by atoms with E-state index in [0.717, 1.165) is 6.07 Å². The lowest BCUT2D eigenvalue weighted by Crippen LogP contribution is -2.31.